The van der Waals surface area contributed by atoms with Crippen molar-refractivity contribution in [3.63, 3.8) is 0 Å². The van der Waals surface area contributed by atoms with Gasteiger partial charge in [-0.3, -0.25) is 9.48 Å². The SMILES string of the molecule is Cc1cc(C(C)NC(=O)O)c2oc(-c3ccc4nn(C)cc4c3)cc(=O)c2c1. The number of rotatable bonds is 3. The van der Waals surface area contributed by atoms with Crippen LogP contribution in [0.4, 0.5) is 4.79 Å². The van der Waals surface area contributed by atoms with Crippen molar-refractivity contribution in [2.24, 2.45) is 7.05 Å². The molecule has 2 heterocycles. The molecule has 142 valence electrons. The van der Waals surface area contributed by atoms with E-state index in [4.69, 9.17) is 9.52 Å². The van der Waals surface area contributed by atoms with E-state index in [0.29, 0.717) is 22.3 Å². The normalized spacial score (nSPS) is 12.4. The lowest BCUT2D eigenvalue weighted by Gasteiger charge is -2.15. The van der Waals surface area contributed by atoms with Crippen molar-refractivity contribution in [3.8, 4) is 11.3 Å². The van der Waals surface area contributed by atoms with E-state index in [0.717, 1.165) is 22.0 Å². The third-order valence-corrected chi connectivity index (χ3v) is 4.71. The Bertz CT molecular complexity index is 1290. The molecular formula is C21H19N3O4. The summed E-state index contributed by atoms with van der Waals surface area (Å²) in [5.41, 5.74) is 3.31. The molecule has 7 heteroatoms. The Morgan fingerprint density at radius 1 is 1.25 bits per heavy atom. The number of fused-ring (bicyclic) bond motifs is 2. The van der Waals surface area contributed by atoms with E-state index in [2.05, 4.69) is 10.4 Å². The molecule has 0 bridgehead atoms. The van der Waals surface area contributed by atoms with Crippen molar-refractivity contribution in [2.45, 2.75) is 19.9 Å². The summed E-state index contributed by atoms with van der Waals surface area (Å²) < 4.78 is 7.84. The van der Waals surface area contributed by atoms with Crippen LogP contribution in [0.5, 0.6) is 0 Å². The molecule has 0 saturated carbocycles. The van der Waals surface area contributed by atoms with Gasteiger partial charge in [-0.15, -0.1) is 0 Å². The molecule has 4 rings (SSSR count). The first-order chi connectivity index (χ1) is 13.3. The molecule has 2 aromatic carbocycles. The van der Waals surface area contributed by atoms with Gasteiger partial charge < -0.3 is 14.8 Å². The van der Waals surface area contributed by atoms with Crippen molar-refractivity contribution < 1.29 is 14.3 Å². The summed E-state index contributed by atoms with van der Waals surface area (Å²) in [5.74, 6) is 0.427. The number of carboxylic acid groups (broad SMARTS) is 1. The first-order valence-corrected chi connectivity index (χ1v) is 8.83. The summed E-state index contributed by atoms with van der Waals surface area (Å²) in [5, 5.41) is 17.2. The van der Waals surface area contributed by atoms with Gasteiger partial charge in [-0.25, -0.2) is 4.79 Å². The number of benzene rings is 2. The Labute approximate surface area is 160 Å². The average molecular weight is 377 g/mol. The number of hydrogen-bond donors (Lipinski definition) is 2. The summed E-state index contributed by atoms with van der Waals surface area (Å²) >= 11 is 0. The molecule has 0 radical (unpaired) electrons. The summed E-state index contributed by atoms with van der Waals surface area (Å²) in [6.45, 7) is 3.58. The zero-order chi connectivity index (χ0) is 20.0. The summed E-state index contributed by atoms with van der Waals surface area (Å²) in [4.78, 5) is 23.9. The highest BCUT2D eigenvalue weighted by atomic mass is 16.4. The molecular weight excluding hydrogens is 358 g/mol. The number of amides is 1. The molecule has 0 aliphatic rings. The Balaban J connectivity index is 1.93. The van der Waals surface area contributed by atoms with Crippen LogP contribution in [0, 0.1) is 6.92 Å². The van der Waals surface area contributed by atoms with Crippen LogP contribution >= 0.6 is 0 Å². The zero-order valence-corrected chi connectivity index (χ0v) is 15.7. The second-order valence-electron chi connectivity index (χ2n) is 6.95. The number of nitrogens with zero attached hydrogens (tertiary/aromatic N) is 2. The van der Waals surface area contributed by atoms with Crippen LogP contribution in [0.25, 0.3) is 33.2 Å². The maximum atomic E-state index is 12.8. The van der Waals surface area contributed by atoms with Crippen LogP contribution in [0.15, 0.2) is 51.8 Å². The molecule has 0 saturated heterocycles. The second-order valence-corrected chi connectivity index (χ2v) is 6.95. The number of carbonyl (C=O) groups is 1. The van der Waals surface area contributed by atoms with Gasteiger partial charge in [0.15, 0.2) is 5.43 Å². The van der Waals surface area contributed by atoms with Crippen molar-refractivity contribution in [3.05, 3.63) is 63.9 Å². The lowest BCUT2D eigenvalue weighted by Crippen LogP contribution is -2.25. The van der Waals surface area contributed by atoms with Crippen LogP contribution < -0.4 is 10.7 Å². The van der Waals surface area contributed by atoms with Crippen LogP contribution in [0.2, 0.25) is 0 Å². The third kappa shape index (κ3) is 3.11. The standard InChI is InChI=1S/C21H19N3O4/c1-11-6-15(12(2)22-21(26)27)20-16(7-11)18(25)9-19(28-20)13-4-5-17-14(8-13)10-24(3)23-17/h4-10,12,22H,1-3H3,(H,26,27). The maximum absolute atomic E-state index is 12.8. The van der Waals surface area contributed by atoms with Crippen LogP contribution in [0.3, 0.4) is 0 Å². The van der Waals surface area contributed by atoms with E-state index in [9.17, 15) is 9.59 Å². The fourth-order valence-electron chi connectivity index (χ4n) is 3.46. The monoisotopic (exact) mass is 377 g/mol. The topological polar surface area (TPSA) is 97.4 Å². The quantitative estimate of drug-likeness (QED) is 0.563. The molecule has 28 heavy (non-hydrogen) atoms. The van der Waals surface area contributed by atoms with Gasteiger partial charge in [-0.05, 0) is 43.7 Å². The molecule has 2 aromatic heterocycles. The van der Waals surface area contributed by atoms with E-state index in [1.54, 1.807) is 17.7 Å². The minimum Gasteiger partial charge on any atom is -0.465 e. The van der Waals surface area contributed by atoms with Gasteiger partial charge in [0, 0.05) is 35.8 Å². The number of nitrogens with one attached hydrogen (secondary N) is 1. The van der Waals surface area contributed by atoms with Gasteiger partial charge in [0.1, 0.15) is 11.3 Å². The van der Waals surface area contributed by atoms with E-state index in [1.807, 2.05) is 44.4 Å². The highest BCUT2D eigenvalue weighted by Gasteiger charge is 2.17. The maximum Gasteiger partial charge on any atom is 0.405 e. The fraction of sp³-hybridized carbons (Fsp3) is 0.190. The molecule has 0 aliphatic carbocycles. The first-order valence-electron chi connectivity index (χ1n) is 8.83. The molecule has 1 unspecified atom stereocenters. The van der Waals surface area contributed by atoms with Gasteiger partial charge in [-0.2, -0.15) is 5.10 Å². The Morgan fingerprint density at radius 3 is 2.79 bits per heavy atom. The lowest BCUT2D eigenvalue weighted by molar-refractivity contribution is 0.191. The molecule has 0 aliphatic heterocycles. The summed E-state index contributed by atoms with van der Waals surface area (Å²) in [6.07, 6.45) is 0.758. The van der Waals surface area contributed by atoms with Gasteiger partial charge >= 0.3 is 6.09 Å². The Kier molecular flexibility index (Phi) is 4.15. The minimum absolute atomic E-state index is 0.171. The van der Waals surface area contributed by atoms with E-state index in [1.165, 1.54) is 6.07 Å². The minimum atomic E-state index is -1.14. The van der Waals surface area contributed by atoms with Gasteiger partial charge in [0.25, 0.3) is 0 Å². The predicted molar refractivity (Wildman–Crippen MR) is 107 cm³/mol. The van der Waals surface area contributed by atoms with Crippen molar-refractivity contribution in [2.75, 3.05) is 0 Å². The van der Waals surface area contributed by atoms with Gasteiger partial charge in [0.05, 0.1) is 16.9 Å². The first kappa shape index (κ1) is 17.8. The van der Waals surface area contributed by atoms with Crippen LogP contribution in [0.1, 0.15) is 24.1 Å². The summed E-state index contributed by atoms with van der Waals surface area (Å²) in [6, 6.07) is 10.2. The average Bonchev–Trinajstić information content (AvgIpc) is 3.00. The van der Waals surface area contributed by atoms with Crippen molar-refractivity contribution >= 4 is 28.0 Å². The number of hydrogen-bond acceptors (Lipinski definition) is 4. The Hall–Kier alpha value is -3.61. The fourth-order valence-corrected chi connectivity index (χ4v) is 3.46. The van der Waals surface area contributed by atoms with Crippen LogP contribution in [-0.4, -0.2) is 21.0 Å². The smallest absolute Gasteiger partial charge is 0.405 e. The molecule has 4 aromatic rings. The van der Waals surface area contributed by atoms with Crippen molar-refractivity contribution in [1.82, 2.24) is 15.1 Å². The van der Waals surface area contributed by atoms with E-state index in [-0.39, 0.29) is 5.43 Å². The molecule has 0 fully saturated rings. The lowest BCUT2D eigenvalue weighted by atomic mass is 10.0. The molecule has 1 atom stereocenters. The van der Waals surface area contributed by atoms with Gasteiger partial charge in [-0.1, -0.05) is 6.07 Å². The zero-order valence-electron chi connectivity index (χ0n) is 15.7. The second kappa shape index (κ2) is 6.53. The molecule has 1 amide bonds. The largest absolute Gasteiger partial charge is 0.465 e. The Morgan fingerprint density at radius 2 is 2.04 bits per heavy atom. The van der Waals surface area contributed by atoms with Gasteiger partial charge in [0.2, 0.25) is 0 Å². The molecule has 0 spiro atoms. The summed E-state index contributed by atoms with van der Waals surface area (Å²) in [7, 11) is 1.85. The highest BCUT2D eigenvalue weighted by Crippen LogP contribution is 2.30. The third-order valence-electron chi connectivity index (χ3n) is 4.71. The highest BCUT2D eigenvalue weighted by molar-refractivity contribution is 5.86. The number of aryl methyl sites for hydroxylation is 2. The number of aromatic nitrogens is 2. The predicted octanol–water partition coefficient (Wildman–Crippen LogP) is 3.98. The van der Waals surface area contributed by atoms with Crippen molar-refractivity contribution in [1.29, 1.82) is 0 Å². The molecule has 2 N–H and O–H groups in total. The molecule has 7 nitrogen and oxygen atoms in total. The van der Waals surface area contributed by atoms with E-state index < -0.39 is 12.1 Å². The van der Waals surface area contributed by atoms with E-state index >= 15 is 0 Å². The van der Waals surface area contributed by atoms with Crippen LogP contribution in [-0.2, 0) is 7.05 Å².